The minimum absolute atomic E-state index is 0.0609. The van der Waals surface area contributed by atoms with Crippen molar-refractivity contribution in [2.75, 3.05) is 39.7 Å². The van der Waals surface area contributed by atoms with Gasteiger partial charge >= 0.3 is 0 Å². The van der Waals surface area contributed by atoms with Crippen LogP contribution in [0.4, 0.5) is 5.69 Å². The van der Waals surface area contributed by atoms with Crippen LogP contribution in [0.1, 0.15) is 50.2 Å². The molecule has 2 aromatic carbocycles. The van der Waals surface area contributed by atoms with Crippen LogP contribution in [0.15, 0.2) is 51.7 Å². The van der Waals surface area contributed by atoms with E-state index in [2.05, 4.69) is 6.92 Å². The smallest absolute Gasteiger partial charge is 0.255 e. The van der Waals surface area contributed by atoms with Crippen molar-refractivity contribution in [3.05, 3.63) is 58.4 Å². The van der Waals surface area contributed by atoms with E-state index >= 15 is 0 Å². The van der Waals surface area contributed by atoms with Gasteiger partial charge in [-0.3, -0.25) is 19.3 Å². The molecule has 48 heavy (non-hydrogen) atoms. The van der Waals surface area contributed by atoms with Crippen LogP contribution in [0.2, 0.25) is 0 Å². The van der Waals surface area contributed by atoms with Crippen molar-refractivity contribution in [3.8, 4) is 17.2 Å². The quantitative estimate of drug-likeness (QED) is 0.182. The zero-order valence-corrected chi connectivity index (χ0v) is 27.9. The molecule has 1 aromatic heterocycles. The van der Waals surface area contributed by atoms with Crippen LogP contribution >= 0.6 is 0 Å². The first-order valence-corrected chi connectivity index (χ1v) is 16.3. The van der Waals surface area contributed by atoms with Gasteiger partial charge in [-0.15, -0.1) is 0 Å². The topological polar surface area (TPSA) is 180 Å². The molecule has 12 heteroatoms. The number of hydrogen-bond donors (Lipinski definition) is 4. The predicted octanol–water partition coefficient (Wildman–Crippen LogP) is 4.09. The van der Waals surface area contributed by atoms with E-state index in [0.29, 0.717) is 29.1 Å². The molecule has 0 aliphatic heterocycles. The van der Waals surface area contributed by atoms with Crippen molar-refractivity contribution in [2.24, 2.45) is 17.6 Å². The maximum Gasteiger partial charge on any atom is 0.255 e. The third-order valence-corrected chi connectivity index (χ3v) is 9.93. The number of benzene rings is 2. The van der Waals surface area contributed by atoms with Gasteiger partial charge in [-0.25, -0.2) is 4.98 Å². The highest BCUT2D eigenvalue weighted by molar-refractivity contribution is 6.24. The number of Topliss-reactive ketones (excluding diaryl/α,β-unsaturated/α-hetero) is 2. The maximum absolute atomic E-state index is 14.3. The Balaban J connectivity index is 1.44. The van der Waals surface area contributed by atoms with Crippen molar-refractivity contribution in [3.63, 3.8) is 0 Å². The zero-order valence-electron chi connectivity index (χ0n) is 27.9. The Morgan fingerprint density at radius 3 is 2.44 bits per heavy atom. The van der Waals surface area contributed by atoms with Crippen LogP contribution < -0.4 is 15.4 Å². The summed E-state index contributed by atoms with van der Waals surface area (Å²) < 4.78 is 12.2. The van der Waals surface area contributed by atoms with E-state index in [1.54, 1.807) is 14.1 Å². The Hall–Kier alpha value is -4.68. The Morgan fingerprint density at radius 1 is 1.10 bits per heavy atom. The first kappa shape index (κ1) is 33.2. The number of anilines is 1. The van der Waals surface area contributed by atoms with Crippen LogP contribution in [0.3, 0.4) is 0 Å². The number of fused-ring (bicyclic) bond motifs is 5. The molecule has 1 saturated carbocycles. The Labute approximate surface area is 278 Å². The number of aromatic nitrogens is 1. The first-order chi connectivity index (χ1) is 22.8. The third kappa shape index (κ3) is 5.14. The van der Waals surface area contributed by atoms with E-state index in [4.69, 9.17) is 19.9 Å². The number of oxazole rings is 1. The van der Waals surface area contributed by atoms with Gasteiger partial charge in [0.1, 0.15) is 28.4 Å². The second-order valence-corrected chi connectivity index (χ2v) is 13.4. The molecule has 3 aliphatic carbocycles. The number of carbonyl (C=O) groups is 3. The molecule has 6 rings (SSSR count). The lowest BCUT2D eigenvalue weighted by molar-refractivity contribution is -0.153. The number of ketones is 2. The van der Waals surface area contributed by atoms with E-state index in [1.165, 1.54) is 11.3 Å². The monoisotopic (exact) mass is 658 g/mol. The lowest BCUT2D eigenvalue weighted by Crippen LogP contribution is -2.65. The van der Waals surface area contributed by atoms with E-state index in [9.17, 15) is 29.7 Å². The molecular weight excluding hydrogens is 616 g/mol. The number of carbonyl (C=O) groups excluding carboxylic acids is 3. The number of nitrogens with zero attached hydrogens (tertiary/aromatic N) is 3. The number of amides is 1. The van der Waals surface area contributed by atoms with Crippen molar-refractivity contribution in [2.45, 2.75) is 57.1 Å². The fraction of sp³-hybridized carbons (Fsp3) is 0.444. The minimum atomic E-state index is -2.66. The molecule has 0 bridgehead atoms. The SMILES string of the molecule is CCCCCCOc1ccc(-c2nc3cc(N(C)C)c4c(c3o2)C(O)=C2C(=O)C3(O)C(O)=C(C(N)=O)C(=O)[C@@H](N(C)C)[C@@H]3C[C@@H]2C4)cc1. The normalized spacial score (nSPS) is 23.8. The highest BCUT2D eigenvalue weighted by atomic mass is 16.5. The summed E-state index contributed by atoms with van der Waals surface area (Å²) in [5.41, 5.74) is 4.99. The van der Waals surface area contributed by atoms with Crippen molar-refractivity contribution in [1.82, 2.24) is 9.88 Å². The molecule has 1 unspecified atom stereocenters. The highest BCUT2D eigenvalue weighted by Crippen LogP contribution is 2.53. The number of primary amides is 1. The van der Waals surface area contributed by atoms with Crippen LogP contribution in [0, 0.1) is 11.8 Å². The van der Waals surface area contributed by atoms with Gasteiger partial charge in [0.25, 0.3) is 5.91 Å². The fourth-order valence-electron chi connectivity index (χ4n) is 7.62. The van der Waals surface area contributed by atoms with E-state index < -0.39 is 58.0 Å². The maximum atomic E-state index is 14.3. The van der Waals surface area contributed by atoms with Gasteiger partial charge in [-0.2, -0.15) is 0 Å². The van der Waals surface area contributed by atoms with E-state index in [0.717, 1.165) is 30.7 Å². The number of hydrogen-bond acceptors (Lipinski definition) is 11. The van der Waals surface area contributed by atoms with Gasteiger partial charge in [0.15, 0.2) is 17.0 Å². The molecule has 1 fully saturated rings. The highest BCUT2D eigenvalue weighted by Gasteiger charge is 2.64. The summed E-state index contributed by atoms with van der Waals surface area (Å²) in [5.74, 6) is -5.18. The summed E-state index contributed by atoms with van der Waals surface area (Å²) in [6, 6.07) is 8.14. The number of ether oxygens (including phenoxy) is 1. The average Bonchev–Trinajstić information content (AvgIpc) is 3.46. The van der Waals surface area contributed by atoms with Gasteiger partial charge < -0.3 is 35.1 Å². The van der Waals surface area contributed by atoms with Crippen molar-refractivity contribution in [1.29, 1.82) is 0 Å². The molecule has 5 N–H and O–H groups in total. The third-order valence-electron chi connectivity index (χ3n) is 9.93. The minimum Gasteiger partial charge on any atom is -0.508 e. The molecular formula is C36H42N4O8. The van der Waals surface area contributed by atoms with Crippen molar-refractivity contribution < 1.29 is 38.9 Å². The molecule has 254 valence electrons. The van der Waals surface area contributed by atoms with E-state index in [1.807, 2.05) is 49.3 Å². The van der Waals surface area contributed by atoms with Crippen LogP contribution in [-0.2, 0) is 20.8 Å². The molecule has 1 amide bonds. The summed E-state index contributed by atoms with van der Waals surface area (Å²) in [5, 5.41) is 35.0. The van der Waals surface area contributed by atoms with Gasteiger partial charge in [-0.05, 0) is 75.2 Å². The van der Waals surface area contributed by atoms with Gasteiger partial charge in [0, 0.05) is 36.8 Å². The molecule has 3 aromatic rings. The second kappa shape index (κ2) is 12.4. The summed E-state index contributed by atoms with van der Waals surface area (Å²) >= 11 is 0. The summed E-state index contributed by atoms with van der Waals surface area (Å²) in [6.45, 7) is 2.80. The molecule has 0 radical (unpaired) electrons. The van der Waals surface area contributed by atoms with Gasteiger partial charge in [-0.1, -0.05) is 26.2 Å². The number of likely N-dealkylation sites (N-methyl/N-ethyl adjacent to an activating group) is 1. The van der Waals surface area contributed by atoms with Crippen molar-refractivity contribution >= 4 is 40.0 Å². The van der Waals surface area contributed by atoms with Gasteiger partial charge in [0.2, 0.25) is 11.7 Å². The molecule has 4 atom stereocenters. The predicted molar refractivity (Wildman–Crippen MR) is 180 cm³/mol. The molecule has 12 nitrogen and oxygen atoms in total. The summed E-state index contributed by atoms with van der Waals surface area (Å²) in [4.78, 5) is 48.1. The van der Waals surface area contributed by atoms with E-state index in [-0.39, 0.29) is 29.6 Å². The lowest BCUT2D eigenvalue weighted by Gasteiger charge is -2.50. The number of aliphatic hydroxyl groups excluding tert-OH is 2. The summed E-state index contributed by atoms with van der Waals surface area (Å²) in [7, 11) is 6.90. The Kier molecular flexibility index (Phi) is 8.59. The lowest BCUT2D eigenvalue weighted by atomic mass is 9.57. The number of rotatable bonds is 10. The van der Waals surface area contributed by atoms with Crippen LogP contribution in [-0.4, -0.2) is 89.1 Å². The Morgan fingerprint density at radius 2 is 1.81 bits per heavy atom. The molecule has 3 aliphatic rings. The van der Waals surface area contributed by atoms with Gasteiger partial charge in [0.05, 0.1) is 18.2 Å². The Bertz CT molecular complexity index is 1870. The number of nitrogens with two attached hydrogens (primary N) is 1. The fourth-order valence-corrected chi connectivity index (χ4v) is 7.62. The standard InChI is InChI=1S/C36H42N4O8/c1-6-7-8-9-14-47-20-12-10-18(11-13-20)35-38-23-17-24(39(2)3)21-15-19-16-22-28(40(4)5)30(42)27(34(37)45)33(44)36(22,46)32(43)25(19)29(41)26(21)31(23)48-35/h10-13,17,19,22,28,41,44,46H,6-9,14-16H2,1-5H3,(H2,37,45)/t19-,22-,28-,36?/m0/s1. The number of aliphatic hydroxyl groups is 3. The molecule has 1 heterocycles. The first-order valence-electron chi connectivity index (χ1n) is 16.3. The van der Waals surface area contributed by atoms with Crippen LogP contribution in [0.5, 0.6) is 5.75 Å². The van der Waals surface area contributed by atoms with Crippen LogP contribution in [0.25, 0.3) is 28.3 Å². The second-order valence-electron chi connectivity index (χ2n) is 13.4. The summed E-state index contributed by atoms with van der Waals surface area (Å²) in [6.07, 6.45) is 4.77. The average molecular weight is 659 g/mol. The molecule has 0 saturated heterocycles. The zero-order chi connectivity index (χ0) is 34.7. The number of unbranched alkanes of at least 4 members (excludes halogenated alkanes) is 3. The molecule has 0 spiro atoms. The largest absolute Gasteiger partial charge is 0.508 e.